The fourth-order valence-corrected chi connectivity index (χ4v) is 2.80. The lowest BCUT2D eigenvalue weighted by molar-refractivity contribution is -0.144. The van der Waals surface area contributed by atoms with Crippen LogP contribution < -0.4 is 0 Å². The van der Waals surface area contributed by atoms with Crippen molar-refractivity contribution in [2.45, 2.75) is 77.9 Å². The number of cyclic esters (lactones) is 1. The minimum absolute atomic E-state index is 0.168. The molecule has 24 heavy (non-hydrogen) atoms. The minimum atomic E-state index is -0.959. The van der Waals surface area contributed by atoms with Crippen LogP contribution in [0.25, 0.3) is 0 Å². The Morgan fingerprint density at radius 1 is 1.46 bits per heavy atom. The van der Waals surface area contributed by atoms with Gasteiger partial charge in [0.05, 0.1) is 5.60 Å². The molecule has 0 amide bonds. The van der Waals surface area contributed by atoms with Crippen molar-refractivity contribution in [2.24, 2.45) is 11.8 Å². The SMILES string of the molecule is CC(=O)CCC(C=CC(C)(O)CC=CC1(C)CCC(=O)O1)C(C)C. The zero-order valence-electron chi connectivity index (χ0n) is 15.7. The molecule has 3 unspecified atom stereocenters. The molecule has 0 aromatic rings. The number of carbonyl (C=O) groups excluding carboxylic acids is 2. The van der Waals surface area contributed by atoms with Crippen molar-refractivity contribution in [2.75, 3.05) is 0 Å². The summed E-state index contributed by atoms with van der Waals surface area (Å²) in [5.74, 6) is 0.726. The van der Waals surface area contributed by atoms with Crippen LogP contribution in [0.2, 0.25) is 0 Å². The van der Waals surface area contributed by atoms with Crippen LogP contribution >= 0.6 is 0 Å². The minimum Gasteiger partial charge on any atom is -0.455 e. The Bertz CT molecular complexity index is 502. The van der Waals surface area contributed by atoms with E-state index in [0.29, 0.717) is 31.6 Å². The predicted octanol–water partition coefficient (Wildman–Crippen LogP) is 3.98. The number of ketones is 1. The summed E-state index contributed by atoms with van der Waals surface area (Å²) < 4.78 is 5.29. The first-order valence-corrected chi connectivity index (χ1v) is 8.84. The molecule has 0 aromatic heterocycles. The molecule has 0 radical (unpaired) electrons. The zero-order chi connectivity index (χ0) is 18.4. The van der Waals surface area contributed by atoms with Crippen molar-refractivity contribution >= 4 is 11.8 Å². The highest BCUT2D eigenvalue weighted by Crippen LogP contribution is 2.28. The Kier molecular flexibility index (Phi) is 7.40. The normalized spacial score (nSPS) is 25.4. The molecular weight excluding hydrogens is 304 g/mol. The highest BCUT2D eigenvalue weighted by Gasteiger charge is 2.33. The van der Waals surface area contributed by atoms with Crippen LogP contribution in [-0.4, -0.2) is 28.1 Å². The van der Waals surface area contributed by atoms with Gasteiger partial charge in [-0.05, 0) is 51.5 Å². The maximum atomic E-state index is 11.2. The van der Waals surface area contributed by atoms with Gasteiger partial charge in [0.15, 0.2) is 0 Å². The van der Waals surface area contributed by atoms with Gasteiger partial charge in [-0.3, -0.25) is 4.79 Å². The second kappa shape index (κ2) is 8.61. The topological polar surface area (TPSA) is 63.6 Å². The quantitative estimate of drug-likeness (QED) is 0.511. The first-order valence-electron chi connectivity index (χ1n) is 8.84. The third-order valence-electron chi connectivity index (χ3n) is 4.56. The number of aliphatic hydroxyl groups is 1. The van der Waals surface area contributed by atoms with E-state index < -0.39 is 11.2 Å². The summed E-state index contributed by atoms with van der Waals surface area (Å²) in [6, 6.07) is 0. The fourth-order valence-electron chi connectivity index (χ4n) is 2.80. The second-order valence-corrected chi connectivity index (χ2v) is 7.76. The van der Waals surface area contributed by atoms with Gasteiger partial charge in [-0.1, -0.05) is 32.1 Å². The lowest BCUT2D eigenvalue weighted by atomic mass is 9.88. The summed E-state index contributed by atoms with van der Waals surface area (Å²) >= 11 is 0. The van der Waals surface area contributed by atoms with Gasteiger partial charge in [-0.15, -0.1) is 0 Å². The number of rotatable bonds is 9. The van der Waals surface area contributed by atoms with Crippen molar-refractivity contribution < 1.29 is 19.4 Å². The van der Waals surface area contributed by atoms with Gasteiger partial charge in [0, 0.05) is 19.3 Å². The van der Waals surface area contributed by atoms with E-state index in [0.717, 1.165) is 6.42 Å². The molecule has 0 spiro atoms. The maximum Gasteiger partial charge on any atom is 0.306 e. The maximum absolute atomic E-state index is 11.2. The van der Waals surface area contributed by atoms with E-state index in [9.17, 15) is 14.7 Å². The van der Waals surface area contributed by atoms with Crippen LogP contribution in [0.15, 0.2) is 24.3 Å². The Morgan fingerprint density at radius 2 is 2.12 bits per heavy atom. The molecule has 3 atom stereocenters. The third kappa shape index (κ3) is 7.43. The molecule has 1 rings (SSSR count). The van der Waals surface area contributed by atoms with E-state index in [1.807, 2.05) is 31.2 Å². The van der Waals surface area contributed by atoms with Crippen molar-refractivity contribution in [3.05, 3.63) is 24.3 Å². The monoisotopic (exact) mass is 336 g/mol. The molecule has 0 bridgehead atoms. The Hall–Kier alpha value is -1.42. The lowest BCUT2D eigenvalue weighted by Gasteiger charge is -2.22. The number of Topliss-reactive ketones (excluding diaryl/α,β-unsaturated/α-hetero) is 1. The number of hydrogen-bond donors (Lipinski definition) is 1. The molecule has 0 aliphatic carbocycles. The van der Waals surface area contributed by atoms with Crippen LogP contribution in [0.1, 0.15) is 66.7 Å². The van der Waals surface area contributed by atoms with E-state index >= 15 is 0 Å². The average Bonchev–Trinajstić information content (AvgIpc) is 2.77. The van der Waals surface area contributed by atoms with Gasteiger partial charge in [0.1, 0.15) is 11.4 Å². The van der Waals surface area contributed by atoms with E-state index in [4.69, 9.17) is 4.74 Å². The summed E-state index contributed by atoms with van der Waals surface area (Å²) in [7, 11) is 0. The molecular formula is C20H32O4. The van der Waals surface area contributed by atoms with E-state index in [2.05, 4.69) is 13.8 Å². The molecule has 1 N–H and O–H groups in total. The molecule has 1 fully saturated rings. The third-order valence-corrected chi connectivity index (χ3v) is 4.56. The summed E-state index contributed by atoms with van der Waals surface area (Å²) in [5.41, 5.74) is -1.50. The molecule has 4 heteroatoms. The fraction of sp³-hybridized carbons (Fsp3) is 0.700. The van der Waals surface area contributed by atoms with Crippen LogP contribution in [0, 0.1) is 11.8 Å². The van der Waals surface area contributed by atoms with Crippen molar-refractivity contribution in [3.8, 4) is 0 Å². The van der Waals surface area contributed by atoms with Crippen LogP contribution in [0.5, 0.6) is 0 Å². The Balaban J connectivity index is 2.59. The number of allylic oxidation sites excluding steroid dienone is 1. The molecule has 4 nitrogen and oxygen atoms in total. The highest BCUT2D eigenvalue weighted by atomic mass is 16.6. The number of carbonyl (C=O) groups is 2. The summed E-state index contributed by atoms with van der Waals surface area (Å²) in [4.78, 5) is 22.4. The largest absolute Gasteiger partial charge is 0.455 e. The van der Waals surface area contributed by atoms with Gasteiger partial charge in [-0.2, -0.15) is 0 Å². The molecule has 0 saturated carbocycles. The molecule has 1 heterocycles. The number of ether oxygens (including phenoxy) is 1. The van der Waals surface area contributed by atoms with Gasteiger partial charge in [-0.25, -0.2) is 0 Å². The zero-order valence-corrected chi connectivity index (χ0v) is 15.7. The molecule has 1 aliphatic heterocycles. The van der Waals surface area contributed by atoms with Crippen LogP contribution in [-0.2, 0) is 14.3 Å². The Morgan fingerprint density at radius 3 is 2.62 bits per heavy atom. The van der Waals surface area contributed by atoms with Gasteiger partial charge < -0.3 is 14.6 Å². The highest BCUT2D eigenvalue weighted by molar-refractivity contribution is 5.75. The van der Waals surface area contributed by atoms with E-state index in [1.54, 1.807) is 13.8 Å². The van der Waals surface area contributed by atoms with Gasteiger partial charge in [0.2, 0.25) is 0 Å². The van der Waals surface area contributed by atoms with Crippen molar-refractivity contribution in [3.63, 3.8) is 0 Å². The van der Waals surface area contributed by atoms with Gasteiger partial charge >= 0.3 is 5.97 Å². The smallest absolute Gasteiger partial charge is 0.306 e. The summed E-state index contributed by atoms with van der Waals surface area (Å²) in [6.45, 7) is 9.51. The van der Waals surface area contributed by atoms with E-state index in [-0.39, 0.29) is 17.7 Å². The standard InChI is InChI=1S/C20H32O4/c1-15(2)17(8-7-16(3)21)9-13-19(4,23)11-6-12-20(5)14-10-18(22)24-20/h6,9,12-13,15,17,23H,7-8,10-11,14H2,1-5H3. The van der Waals surface area contributed by atoms with Crippen molar-refractivity contribution in [1.82, 2.24) is 0 Å². The Labute approximate surface area is 146 Å². The lowest BCUT2D eigenvalue weighted by Crippen LogP contribution is -2.23. The predicted molar refractivity (Wildman–Crippen MR) is 95.5 cm³/mol. The van der Waals surface area contributed by atoms with E-state index in [1.165, 1.54) is 0 Å². The van der Waals surface area contributed by atoms with Gasteiger partial charge in [0.25, 0.3) is 0 Å². The van der Waals surface area contributed by atoms with Crippen LogP contribution in [0.4, 0.5) is 0 Å². The average molecular weight is 336 g/mol. The van der Waals surface area contributed by atoms with Crippen LogP contribution in [0.3, 0.4) is 0 Å². The summed E-state index contributed by atoms with van der Waals surface area (Å²) in [6.07, 6.45) is 10.6. The first-order chi connectivity index (χ1) is 11.0. The molecule has 1 saturated heterocycles. The molecule has 1 aliphatic rings. The molecule has 136 valence electrons. The summed E-state index contributed by atoms with van der Waals surface area (Å²) in [5, 5.41) is 10.5. The molecule has 0 aromatic carbocycles. The second-order valence-electron chi connectivity index (χ2n) is 7.76. The number of esters is 1. The first kappa shape index (κ1) is 20.6. The van der Waals surface area contributed by atoms with Crippen molar-refractivity contribution in [1.29, 1.82) is 0 Å². The number of hydrogen-bond acceptors (Lipinski definition) is 4.